The first-order chi connectivity index (χ1) is 13.5. The van der Waals surface area contributed by atoms with E-state index in [2.05, 4.69) is 20.8 Å². The van der Waals surface area contributed by atoms with Gasteiger partial charge >= 0.3 is 5.97 Å². The highest BCUT2D eigenvalue weighted by atomic mass is 16.4. The maximum Gasteiger partial charge on any atom is 0.303 e. The lowest BCUT2D eigenvalue weighted by atomic mass is 9.42. The molecule has 4 aliphatic carbocycles. The van der Waals surface area contributed by atoms with Crippen LogP contribution in [0.2, 0.25) is 0 Å². The van der Waals surface area contributed by atoms with E-state index in [0.29, 0.717) is 48.9 Å². The molecule has 5 nitrogen and oxygen atoms in total. The van der Waals surface area contributed by atoms with Gasteiger partial charge in [0.05, 0.1) is 17.8 Å². The zero-order chi connectivity index (χ0) is 21.2. The van der Waals surface area contributed by atoms with Crippen LogP contribution >= 0.6 is 0 Å². The number of aliphatic hydroxyl groups is 3. The highest BCUT2D eigenvalue weighted by molar-refractivity contribution is 5.66. The maximum absolute atomic E-state index is 11.5. The molecule has 5 heteroatoms. The molecule has 0 bridgehead atoms. The Bertz CT molecular complexity index is 651. The van der Waals surface area contributed by atoms with Gasteiger partial charge in [-0.05, 0) is 86.4 Å². The summed E-state index contributed by atoms with van der Waals surface area (Å²) in [5.41, 5.74) is -1.30. The Hall–Kier alpha value is -0.650. The van der Waals surface area contributed by atoms with Crippen molar-refractivity contribution in [3.8, 4) is 0 Å². The Labute approximate surface area is 174 Å². The van der Waals surface area contributed by atoms with Crippen LogP contribution in [0.25, 0.3) is 0 Å². The highest BCUT2D eigenvalue weighted by Gasteiger charge is 2.67. The van der Waals surface area contributed by atoms with Crippen LogP contribution in [-0.4, -0.2) is 44.2 Å². The van der Waals surface area contributed by atoms with Crippen molar-refractivity contribution in [2.24, 2.45) is 40.4 Å². The molecule has 10 unspecified atom stereocenters. The van der Waals surface area contributed by atoms with E-state index in [0.717, 1.165) is 38.5 Å². The van der Waals surface area contributed by atoms with Crippen LogP contribution in [0.1, 0.15) is 85.0 Å². The smallest absolute Gasteiger partial charge is 0.303 e. The molecule has 4 rings (SSSR count). The molecule has 0 aromatic rings. The zero-order valence-electron chi connectivity index (χ0n) is 18.3. The highest BCUT2D eigenvalue weighted by Crippen LogP contribution is 2.69. The molecule has 166 valence electrons. The first-order valence-corrected chi connectivity index (χ1v) is 11.8. The molecular formula is C24H40O5. The molecule has 0 amide bonds. The van der Waals surface area contributed by atoms with Crippen molar-refractivity contribution in [1.29, 1.82) is 0 Å². The summed E-state index contributed by atoms with van der Waals surface area (Å²) >= 11 is 0. The largest absolute Gasteiger partial charge is 0.481 e. The van der Waals surface area contributed by atoms with Crippen molar-refractivity contribution in [1.82, 2.24) is 0 Å². The molecule has 0 spiro atoms. The molecule has 0 aliphatic heterocycles. The quantitative estimate of drug-likeness (QED) is 0.570. The summed E-state index contributed by atoms with van der Waals surface area (Å²) in [7, 11) is 0. The van der Waals surface area contributed by atoms with Crippen LogP contribution in [0, 0.1) is 40.4 Å². The monoisotopic (exact) mass is 408 g/mol. The third kappa shape index (κ3) is 3.10. The Balaban J connectivity index is 1.58. The fourth-order valence-corrected chi connectivity index (χ4v) is 8.79. The van der Waals surface area contributed by atoms with Gasteiger partial charge in [0.25, 0.3) is 0 Å². The van der Waals surface area contributed by atoms with Crippen LogP contribution in [0.5, 0.6) is 0 Å². The first-order valence-electron chi connectivity index (χ1n) is 11.8. The van der Waals surface area contributed by atoms with Crippen LogP contribution in [0.15, 0.2) is 0 Å². The maximum atomic E-state index is 11.5. The fraction of sp³-hybridized carbons (Fsp3) is 0.958. The predicted molar refractivity (Wildman–Crippen MR) is 110 cm³/mol. The van der Waals surface area contributed by atoms with Gasteiger partial charge in [0.1, 0.15) is 0 Å². The van der Waals surface area contributed by atoms with E-state index in [1.807, 2.05) is 0 Å². The lowest BCUT2D eigenvalue weighted by Crippen LogP contribution is -2.68. The van der Waals surface area contributed by atoms with Gasteiger partial charge in [0.2, 0.25) is 0 Å². The summed E-state index contributed by atoms with van der Waals surface area (Å²) in [6.45, 7) is 6.82. The SMILES string of the molecule is CC(CCC(=O)O)C1CCC2C3CC(O)C4(O)CC(O)CCC4(C)C3CCC12C. The second-order valence-electron chi connectivity index (χ2n) is 11.5. The predicted octanol–water partition coefficient (Wildman–Crippen LogP) is 3.59. The second kappa shape index (κ2) is 7.20. The molecule has 0 aromatic carbocycles. The van der Waals surface area contributed by atoms with Gasteiger partial charge in [-0.15, -0.1) is 0 Å². The fourth-order valence-electron chi connectivity index (χ4n) is 8.79. The Kier molecular flexibility index (Phi) is 5.36. The number of aliphatic carboxylic acids is 1. The summed E-state index contributed by atoms with van der Waals surface area (Å²) < 4.78 is 0. The molecular weight excluding hydrogens is 368 g/mol. The molecule has 4 N–H and O–H groups in total. The Morgan fingerprint density at radius 2 is 1.79 bits per heavy atom. The molecule has 0 heterocycles. The summed E-state index contributed by atoms with van der Waals surface area (Å²) in [6.07, 6.45) is 6.65. The van der Waals surface area contributed by atoms with Gasteiger partial charge in [-0.1, -0.05) is 20.8 Å². The van der Waals surface area contributed by atoms with Crippen LogP contribution < -0.4 is 0 Å². The van der Waals surface area contributed by atoms with Gasteiger partial charge in [0, 0.05) is 18.3 Å². The van der Waals surface area contributed by atoms with E-state index in [9.17, 15) is 20.1 Å². The van der Waals surface area contributed by atoms with Gasteiger partial charge in [-0.3, -0.25) is 4.79 Å². The zero-order valence-corrected chi connectivity index (χ0v) is 18.3. The van der Waals surface area contributed by atoms with Gasteiger partial charge in [0.15, 0.2) is 0 Å². The standard InChI is InChI=1S/C24H40O5/c1-14(4-7-21(27)28)17-5-6-18-16-12-20(26)24(29)13-15(25)8-11-23(24,3)19(16)9-10-22(17,18)2/h14-20,25-26,29H,4-13H2,1-3H3,(H,27,28). The van der Waals surface area contributed by atoms with Crippen molar-refractivity contribution in [3.05, 3.63) is 0 Å². The normalized spacial score (nSPS) is 52.9. The van der Waals surface area contributed by atoms with E-state index in [-0.39, 0.29) is 17.3 Å². The summed E-state index contributed by atoms with van der Waals surface area (Å²) in [6, 6.07) is 0. The van der Waals surface area contributed by atoms with Crippen LogP contribution in [0.3, 0.4) is 0 Å². The number of rotatable bonds is 4. The molecule has 10 atom stereocenters. The summed E-state index contributed by atoms with van der Waals surface area (Å²) in [5.74, 6) is 1.61. The van der Waals surface area contributed by atoms with Crippen molar-refractivity contribution in [3.63, 3.8) is 0 Å². The van der Waals surface area contributed by atoms with Crippen LogP contribution in [0.4, 0.5) is 0 Å². The summed E-state index contributed by atoms with van der Waals surface area (Å²) in [4.78, 5) is 11.1. The number of aliphatic hydroxyl groups excluding tert-OH is 2. The minimum absolute atomic E-state index is 0.207. The van der Waals surface area contributed by atoms with E-state index in [4.69, 9.17) is 5.11 Å². The number of carbonyl (C=O) groups is 1. The molecule has 4 aliphatic rings. The molecule has 0 radical (unpaired) electrons. The summed E-state index contributed by atoms with van der Waals surface area (Å²) in [5, 5.41) is 41.9. The van der Waals surface area contributed by atoms with Gasteiger partial charge in [-0.25, -0.2) is 0 Å². The topological polar surface area (TPSA) is 98.0 Å². The lowest BCUT2D eigenvalue weighted by Gasteiger charge is -2.65. The Morgan fingerprint density at radius 1 is 1.07 bits per heavy atom. The molecule has 0 saturated heterocycles. The number of hydrogen-bond donors (Lipinski definition) is 4. The van der Waals surface area contributed by atoms with Gasteiger partial charge in [-0.2, -0.15) is 0 Å². The van der Waals surface area contributed by atoms with Crippen molar-refractivity contribution < 1.29 is 25.2 Å². The third-order valence-electron chi connectivity index (χ3n) is 10.4. The minimum atomic E-state index is -1.17. The number of carboxylic acids is 1. The average Bonchev–Trinajstić information content (AvgIpc) is 3.00. The number of hydrogen-bond acceptors (Lipinski definition) is 4. The molecule has 4 saturated carbocycles. The van der Waals surface area contributed by atoms with Crippen LogP contribution in [-0.2, 0) is 4.79 Å². The van der Waals surface area contributed by atoms with Crippen molar-refractivity contribution in [2.75, 3.05) is 0 Å². The lowest BCUT2D eigenvalue weighted by molar-refractivity contribution is -0.264. The third-order valence-corrected chi connectivity index (χ3v) is 10.4. The molecule has 0 aromatic heterocycles. The second-order valence-corrected chi connectivity index (χ2v) is 11.5. The average molecular weight is 409 g/mol. The van der Waals surface area contributed by atoms with E-state index < -0.39 is 23.8 Å². The van der Waals surface area contributed by atoms with E-state index in [1.54, 1.807) is 0 Å². The minimum Gasteiger partial charge on any atom is -0.481 e. The van der Waals surface area contributed by atoms with E-state index in [1.165, 1.54) is 0 Å². The first kappa shape index (κ1) is 21.6. The molecule has 29 heavy (non-hydrogen) atoms. The molecule has 4 fully saturated rings. The van der Waals surface area contributed by atoms with Crippen molar-refractivity contribution >= 4 is 5.97 Å². The van der Waals surface area contributed by atoms with E-state index >= 15 is 0 Å². The Morgan fingerprint density at radius 3 is 2.48 bits per heavy atom. The number of carboxylic acid groups (broad SMARTS) is 1. The van der Waals surface area contributed by atoms with Gasteiger partial charge < -0.3 is 20.4 Å². The number of fused-ring (bicyclic) bond motifs is 5. The van der Waals surface area contributed by atoms with Crippen molar-refractivity contribution in [2.45, 2.75) is 103 Å².